The number of hydrogen-bond donors (Lipinski definition) is 2. The Morgan fingerprint density at radius 2 is 2.05 bits per heavy atom. The Balaban J connectivity index is 2.04. The predicted molar refractivity (Wildman–Crippen MR) is 78.0 cm³/mol. The van der Waals surface area contributed by atoms with E-state index in [1.807, 2.05) is 19.4 Å². The van der Waals surface area contributed by atoms with E-state index in [1.54, 1.807) is 11.4 Å². The van der Waals surface area contributed by atoms with Crippen molar-refractivity contribution in [2.24, 2.45) is 0 Å². The van der Waals surface area contributed by atoms with Crippen LogP contribution in [0.5, 0.6) is 0 Å². The zero-order valence-corrected chi connectivity index (χ0v) is 13.1. The molecule has 0 saturated carbocycles. The second-order valence-electron chi connectivity index (χ2n) is 3.96. The Labute approximate surface area is 120 Å². The van der Waals surface area contributed by atoms with E-state index in [0.717, 1.165) is 15.6 Å². The quantitative estimate of drug-likeness (QED) is 0.851. The Morgan fingerprint density at radius 3 is 2.68 bits per heavy atom. The fourth-order valence-corrected chi connectivity index (χ4v) is 4.41. The fraction of sp³-hybridized carbons (Fsp3) is 0.364. The van der Waals surface area contributed by atoms with Gasteiger partial charge in [0.1, 0.15) is 0 Å². The summed E-state index contributed by atoms with van der Waals surface area (Å²) >= 11 is 2.94. The number of thiophene rings is 1. The first-order valence-electron chi connectivity index (χ1n) is 5.64. The molecule has 5 nitrogen and oxygen atoms in total. The number of rotatable bonds is 6. The summed E-state index contributed by atoms with van der Waals surface area (Å²) in [6.07, 6.45) is 0. The first-order chi connectivity index (χ1) is 9.01. The third-order valence-electron chi connectivity index (χ3n) is 2.40. The van der Waals surface area contributed by atoms with E-state index in [-0.39, 0.29) is 6.54 Å². The molecular formula is C11H15N3O2S3. The minimum absolute atomic E-state index is 0.226. The highest BCUT2D eigenvalue weighted by atomic mass is 32.2. The van der Waals surface area contributed by atoms with E-state index in [9.17, 15) is 8.42 Å². The average Bonchev–Trinajstić information content (AvgIpc) is 2.97. The van der Waals surface area contributed by atoms with Crippen LogP contribution in [0.1, 0.15) is 15.6 Å². The van der Waals surface area contributed by atoms with Crippen molar-refractivity contribution in [3.8, 4) is 0 Å². The van der Waals surface area contributed by atoms with Crippen LogP contribution in [0.4, 0.5) is 0 Å². The molecule has 0 spiro atoms. The number of sulfonamides is 1. The van der Waals surface area contributed by atoms with Crippen LogP contribution in [-0.4, -0.2) is 20.4 Å². The highest BCUT2D eigenvalue weighted by molar-refractivity contribution is 7.89. The summed E-state index contributed by atoms with van der Waals surface area (Å²) in [5.74, 6) is 0. The topological polar surface area (TPSA) is 71.1 Å². The van der Waals surface area contributed by atoms with E-state index >= 15 is 0 Å². The van der Waals surface area contributed by atoms with E-state index < -0.39 is 10.0 Å². The third-order valence-corrected chi connectivity index (χ3v) is 5.69. The first kappa shape index (κ1) is 14.6. The molecule has 0 aliphatic heterocycles. The molecule has 0 saturated heterocycles. The standard InChI is InChI=1S/C11H15N3O2S3/c1-8-14-9(6-17-8)4-13-19(15,16)11-3-10(5-12-2)18-7-11/h3,6-7,12-13H,4-5H2,1-2H3. The largest absolute Gasteiger partial charge is 0.315 e. The second-order valence-corrected chi connectivity index (χ2v) is 7.79. The molecule has 2 aromatic heterocycles. The van der Waals surface area contributed by atoms with Crippen LogP contribution in [0.25, 0.3) is 0 Å². The minimum atomic E-state index is -3.45. The summed E-state index contributed by atoms with van der Waals surface area (Å²) in [5.41, 5.74) is 0.747. The lowest BCUT2D eigenvalue weighted by Crippen LogP contribution is -2.23. The molecule has 0 amide bonds. The molecule has 0 radical (unpaired) electrons. The summed E-state index contributed by atoms with van der Waals surface area (Å²) in [4.78, 5) is 5.53. The van der Waals surface area contributed by atoms with Gasteiger partial charge in [0, 0.05) is 22.2 Å². The first-order valence-corrected chi connectivity index (χ1v) is 8.88. The molecule has 0 unspecified atom stereocenters. The summed E-state index contributed by atoms with van der Waals surface area (Å²) in [5, 5.41) is 7.44. The van der Waals surface area contributed by atoms with Crippen molar-refractivity contribution in [1.82, 2.24) is 15.0 Å². The van der Waals surface area contributed by atoms with Gasteiger partial charge in [-0.05, 0) is 20.0 Å². The number of nitrogens with one attached hydrogen (secondary N) is 2. The molecule has 0 fully saturated rings. The normalized spacial score (nSPS) is 11.9. The highest BCUT2D eigenvalue weighted by Crippen LogP contribution is 2.19. The number of aromatic nitrogens is 1. The smallest absolute Gasteiger partial charge is 0.241 e. The molecule has 0 aliphatic carbocycles. The van der Waals surface area contributed by atoms with Gasteiger partial charge >= 0.3 is 0 Å². The lowest BCUT2D eigenvalue weighted by molar-refractivity contribution is 0.581. The number of aryl methyl sites for hydroxylation is 1. The van der Waals surface area contributed by atoms with Gasteiger partial charge in [-0.1, -0.05) is 0 Å². The van der Waals surface area contributed by atoms with Gasteiger partial charge in [-0.15, -0.1) is 22.7 Å². The van der Waals surface area contributed by atoms with Crippen LogP contribution in [-0.2, 0) is 23.1 Å². The molecule has 8 heteroatoms. The molecule has 0 aromatic carbocycles. The summed E-state index contributed by atoms with van der Waals surface area (Å²) in [7, 11) is -1.62. The lowest BCUT2D eigenvalue weighted by atomic mass is 10.5. The van der Waals surface area contributed by atoms with Crippen molar-refractivity contribution in [3.05, 3.63) is 32.4 Å². The van der Waals surface area contributed by atoms with Crippen LogP contribution in [0.2, 0.25) is 0 Å². The van der Waals surface area contributed by atoms with Gasteiger partial charge in [0.2, 0.25) is 10.0 Å². The van der Waals surface area contributed by atoms with Gasteiger partial charge in [-0.25, -0.2) is 18.1 Å². The highest BCUT2D eigenvalue weighted by Gasteiger charge is 2.16. The minimum Gasteiger partial charge on any atom is -0.315 e. The van der Waals surface area contributed by atoms with Gasteiger partial charge in [-0.2, -0.15) is 0 Å². The maximum Gasteiger partial charge on any atom is 0.241 e. The van der Waals surface area contributed by atoms with E-state index in [2.05, 4.69) is 15.0 Å². The van der Waals surface area contributed by atoms with Crippen molar-refractivity contribution < 1.29 is 8.42 Å². The number of hydrogen-bond acceptors (Lipinski definition) is 6. The molecule has 0 bridgehead atoms. The van der Waals surface area contributed by atoms with E-state index in [1.165, 1.54) is 22.7 Å². The van der Waals surface area contributed by atoms with Crippen molar-refractivity contribution >= 4 is 32.7 Å². The van der Waals surface area contributed by atoms with Crippen molar-refractivity contribution in [2.45, 2.75) is 24.9 Å². The average molecular weight is 317 g/mol. The van der Waals surface area contributed by atoms with Crippen LogP contribution in [0.15, 0.2) is 21.7 Å². The van der Waals surface area contributed by atoms with Crippen LogP contribution in [0, 0.1) is 6.92 Å². The van der Waals surface area contributed by atoms with Gasteiger partial charge in [0.05, 0.1) is 22.1 Å². The molecule has 2 rings (SSSR count). The molecule has 0 aliphatic rings. The Morgan fingerprint density at radius 1 is 1.26 bits per heavy atom. The van der Waals surface area contributed by atoms with Gasteiger partial charge in [0.15, 0.2) is 0 Å². The van der Waals surface area contributed by atoms with Crippen LogP contribution < -0.4 is 10.0 Å². The maximum absolute atomic E-state index is 12.1. The molecule has 19 heavy (non-hydrogen) atoms. The summed E-state index contributed by atoms with van der Waals surface area (Å²) < 4.78 is 26.7. The van der Waals surface area contributed by atoms with Crippen LogP contribution in [0.3, 0.4) is 0 Å². The summed E-state index contributed by atoms with van der Waals surface area (Å²) in [6, 6.07) is 1.69. The van der Waals surface area contributed by atoms with E-state index in [4.69, 9.17) is 0 Å². The molecule has 104 valence electrons. The molecule has 2 N–H and O–H groups in total. The monoisotopic (exact) mass is 317 g/mol. The van der Waals surface area contributed by atoms with Crippen molar-refractivity contribution in [1.29, 1.82) is 0 Å². The Kier molecular flexibility index (Phi) is 4.69. The van der Waals surface area contributed by atoms with Gasteiger partial charge in [-0.3, -0.25) is 0 Å². The molecule has 0 atom stereocenters. The van der Waals surface area contributed by atoms with Crippen molar-refractivity contribution in [3.63, 3.8) is 0 Å². The number of thiazole rings is 1. The Bertz CT molecular complexity index is 646. The van der Waals surface area contributed by atoms with Gasteiger partial charge < -0.3 is 5.32 Å². The SMILES string of the molecule is CNCc1cc(S(=O)(=O)NCc2csc(C)n2)cs1. The predicted octanol–water partition coefficient (Wildman–Crippen LogP) is 1.71. The van der Waals surface area contributed by atoms with Gasteiger partial charge in [0.25, 0.3) is 0 Å². The maximum atomic E-state index is 12.1. The number of nitrogens with zero attached hydrogens (tertiary/aromatic N) is 1. The van der Waals surface area contributed by atoms with Crippen molar-refractivity contribution in [2.75, 3.05) is 7.05 Å². The zero-order chi connectivity index (χ0) is 13.9. The lowest BCUT2D eigenvalue weighted by Gasteiger charge is -2.02. The Hall–Kier alpha value is -0.800. The molecular weight excluding hydrogens is 302 g/mol. The molecule has 2 heterocycles. The van der Waals surface area contributed by atoms with Crippen LogP contribution >= 0.6 is 22.7 Å². The van der Waals surface area contributed by atoms with E-state index in [0.29, 0.717) is 11.4 Å². The second kappa shape index (κ2) is 6.10. The molecule has 2 aromatic rings. The fourth-order valence-electron chi connectivity index (χ4n) is 1.51. The summed E-state index contributed by atoms with van der Waals surface area (Å²) in [6.45, 7) is 2.79. The third kappa shape index (κ3) is 3.83. The zero-order valence-electron chi connectivity index (χ0n) is 10.6.